The number of aromatic nitrogens is 2. The number of rotatable bonds is 2. The third-order valence-corrected chi connectivity index (χ3v) is 1.94. The van der Waals surface area contributed by atoms with Crippen molar-refractivity contribution in [3.8, 4) is 0 Å². The number of para-hydroxylation sites is 2. The van der Waals surface area contributed by atoms with E-state index in [2.05, 4.69) is 4.98 Å². The highest BCUT2D eigenvalue weighted by molar-refractivity contribution is 5.79. The van der Waals surface area contributed by atoms with Crippen molar-refractivity contribution in [2.45, 2.75) is 6.54 Å². The van der Waals surface area contributed by atoms with Gasteiger partial charge in [0, 0.05) is 0 Å². The summed E-state index contributed by atoms with van der Waals surface area (Å²) < 4.78 is 1.68. The summed E-state index contributed by atoms with van der Waals surface area (Å²) >= 11 is 0. The molecule has 0 bridgehead atoms. The Kier molecular flexibility index (Phi) is 1.73. The number of benzene rings is 1. The minimum atomic E-state index is 0.256. The predicted molar refractivity (Wildman–Crippen MR) is 50.2 cm³/mol. The number of hydrogen-bond donors (Lipinski definition) is 1. The van der Waals surface area contributed by atoms with Crippen LogP contribution in [0.3, 0.4) is 0 Å². The molecule has 0 radical (unpaired) electrons. The summed E-state index contributed by atoms with van der Waals surface area (Å²) in [6, 6.07) is 7.54. The lowest BCUT2D eigenvalue weighted by Gasteiger charge is -1.98. The average Bonchev–Trinajstić information content (AvgIpc) is 2.44. The summed E-state index contributed by atoms with van der Waals surface area (Å²) in [5.41, 5.74) is 7.35. The van der Waals surface area contributed by atoms with Crippen molar-refractivity contribution in [1.29, 1.82) is 0 Å². The molecule has 4 heteroatoms. The Labute approximate surface area is 75.0 Å². The first kappa shape index (κ1) is 7.79. The van der Waals surface area contributed by atoms with E-state index in [1.807, 2.05) is 24.3 Å². The van der Waals surface area contributed by atoms with Crippen molar-refractivity contribution < 1.29 is 4.79 Å². The first-order chi connectivity index (χ1) is 6.33. The van der Waals surface area contributed by atoms with Crippen LogP contribution < -0.4 is 5.73 Å². The molecule has 4 nitrogen and oxygen atoms in total. The molecule has 0 saturated carbocycles. The molecule has 0 saturated heterocycles. The van der Waals surface area contributed by atoms with Gasteiger partial charge >= 0.3 is 0 Å². The van der Waals surface area contributed by atoms with Gasteiger partial charge in [0.25, 0.3) is 0 Å². The molecule has 0 atom stereocenters. The zero-order valence-electron chi connectivity index (χ0n) is 6.97. The number of aldehydes is 1. The van der Waals surface area contributed by atoms with Crippen LogP contribution in [-0.2, 0) is 11.3 Å². The van der Waals surface area contributed by atoms with Gasteiger partial charge in [-0.3, -0.25) is 0 Å². The molecule has 1 heterocycles. The van der Waals surface area contributed by atoms with Gasteiger partial charge in [-0.05, 0) is 12.1 Å². The van der Waals surface area contributed by atoms with E-state index < -0.39 is 0 Å². The van der Waals surface area contributed by atoms with Gasteiger partial charge in [-0.2, -0.15) is 0 Å². The molecule has 13 heavy (non-hydrogen) atoms. The zero-order chi connectivity index (χ0) is 9.26. The molecule has 0 unspecified atom stereocenters. The Bertz CT molecular complexity index is 447. The molecule has 2 N–H and O–H groups in total. The fourth-order valence-electron chi connectivity index (χ4n) is 1.36. The molecule has 2 rings (SSSR count). The SMILES string of the molecule is Nc1nc2ccccc2n1CC=O. The highest BCUT2D eigenvalue weighted by Crippen LogP contribution is 2.16. The van der Waals surface area contributed by atoms with E-state index in [0.717, 1.165) is 17.3 Å². The lowest BCUT2D eigenvalue weighted by Crippen LogP contribution is -2.03. The van der Waals surface area contributed by atoms with Crippen LogP contribution >= 0.6 is 0 Å². The molecule has 0 aliphatic rings. The maximum atomic E-state index is 10.4. The first-order valence-corrected chi connectivity index (χ1v) is 3.97. The second-order valence-electron chi connectivity index (χ2n) is 2.74. The fraction of sp³-hybridized carbons (Fsp3) is 0.111. The molecular weight excluding hydrogens is 166 g/mol. The average molecular weight is 175 g/mol. The van der Waals surface area contributed by atoms with Gasteiger partial charge in [-0.15, -0.1) is 0 Å². The van der Waals surface area contributed by atoms with Crippen LogP contribution in [0, 0.1) is 0 Å². The minimum Gasteiger partial charge on any atom is -0.369 e. The number of nitrogen functional groups attached to an aromatic ring is 1. The van der Waals surface area contributed by atoms with Gasteiger partial charge in [0.05, 0.1) is 17.6 Å². The van der Waals surface area contributed by atoms with Crippen molar-refractivity contribution in [3.05, 3.63) is 24.3 Å². The van der Waals surface area contributed by atoms with E-state index >= 15 is 0 Å². The van der Waals surface area contributed by atoms with Crippen LogP contribution in [0.4, 0.5) is 5.95 Å². The van der Waals surface area contributed by atoms with E-state index in [1.165, 1.54) is 0 Å². The molecule has 0 aliphatic heterocycles. The normalized spacial score (nSPS) is 10.5. The monoisotopic (exact) mass is 175 g/mol. The van der Waals surface area contributed by atoms with Crippen LogP contribution in [0.2, 0.25) is 0 Å². The number of carbonyl (C=O) groups is 1. The maximum absolute atomic E-state index is 10.4. The second-order valence-corrected chi connectivity index (χ2v) is 2.74. The molecule has 1 aromatic carbocycles. The van der Waals surface area contributed by atoms with Gasteiger partial charge in [0.2, 0.25) is 5.95 Å². The summed E-state index contributed by atoms with van der Waals surface area (Å²) in [5, 5.41) is 0. The highest BCUT2D eigenvalue weighted by Gasteiger charge is 2.05. The van der Waals surface area contributed by atoms with Gasteiger partial charge in [0.15, 0.2) is 0 Å². The Balaban J connectivity index is 2.70. The number of nitrogens with two attached hydrogens (primary N) is 1. The van der Waals surface area contributed by atoms with Gasteiger partial charge in [0.1, 0.15) is 6.29 Å². The number of fused-ring (bicyclic) bond motifs is 1. The highest BCUT2D eigenvalue weighted by atomic mass is 16.1. The summed E-state index contributed by atoms with van der Waals surface area (Å²) in [6.45, 7) is 0.256. The Morgan fingerprint density at radius 1 is 1.46 bits per heavy atom. The predicted octanol–water partition coefficient (Wildman–Crippen LogP) is 0.817. The molecule has 0 spiro atoms. The lowest BCUT2D eigenvalue weighted by molar-refractivity contribution is -0.108. The van der Waals surface area contributed by atoms with Gasteiger partial charge < -0.3 is 15.1 Å². The summed E-state index contributed by atoms with van der Waals surface area (Å²) in [5.74, 6) is 0.383. The lowest BCUT2D eigenvalue weighted by atomic mass is 10.3. The largest absolute Gasteiger partial charge is 0.369 e. The quantitative estimate of drug-likeness (QED) is 0.687. The van der Waals surface area contributed by atoms with E-state index in [-0.39, 0.29) is 6.54 Å². The van der Waals surface area contributed by atoms with Crippen molar-refractivity contribution >= 4 is 23.3 Å². The Morgan fingerprint density at radius 3 is 3.00 bits per heavy atom. The summed E-state index contributed by atoms with van der Waals surface area (Å²) in [4.78, 5) is 14.5. The van der Waals surface area contributed by atoms with Crippen LogP contribution in [0.25, 0.3) is 11.0 Å². The Hall–Kier alpha value is -1.84. The number of imidazole rings is 1. The number of hydrogen-bond acceptors (Lipinski definition) is 3. The Morgan fingerprint density at radius 2 is 2.23 bits per heavy atom. The van der Waals surface area contributed by atoms with Crippen molar-refractivity contribution in [3.63, 3.8) is 0 Å². The van der Waals surface area contributed by atoms with Crippen molar-refractivity contribution in [2.75, 3.05) is 5.73 Å². The van der Waals surface area contributed by atoms with Crippen LogP contribution in [0.5, 0.6) is 0 Å². The van der Waals surface area contributed by atoms with Crippen LogP contribution in [0.15, 0.2) is 24.3 Å². The van der Waals surface area contributed by atoms with E-state index in [0.29, 0.717) is 5.95 Å². The third-order valence-electron chi connectivity index (χ3n) is 1.94. The second kappa shape index (κ2) is 2.90. The van der Waals surface area contributed by atoms with Gasteiger partial charge in [-0.1, -0.05) is 12.1 Å². The molecule has 0 amide bonds. The number of carbonyl (C=O) groups excluding carboxylic acids is 1. The molecule has 1 aromatic heterocycles. The maximum Gasteiger partial charge on any atom is 0.201 e. The van der Waals surface area contributed by atoms with Crippen molar-refractivity contribution in [1.82, 2.24) is 9.55 Å². The molecule has 0 fully saturated rings. The van der Waals surface area contributed by atoms with Crippen molar-refractivity contribution in [2.24, 2.45) is 0 Å². The number of anilines is 1. The smallest absolute Gasteiger partial charge is 0.201 e. The van der Waals surface area contributed by atoms with E-state index in [9.17, 15) is 4.79 Å². The van der Waals surface area contributed by atoms with Gasteiger partial charge in [-0.25, -0.2) is 4.98 Å². The molecule has 2 aromatic rings. The topological polar surface area (TPSA) is 60.9 Å². The fourth-order valence-corrected chi connectivity index (χ4v) is 1.36. The molecule has 0 aliphatic carbocycles. The third kappa shape index (κ3) is 1.16. The minimum absolute atomic E-state index is 0.256. The number of nitrogens with zero attached hydrogens (tertiary/aromatic N) is 2. The summed E-state index contributed by atoms with van der Waals surface area (Å²) in [6.07, 6.45) is 0.810. The summed E-state index contributed by atoms with van der Waals surface area (Å²) in [7, 11) is 0. The van der Waals surface area contributed by atoms with E-state index in [1.54, 1.807) is 4.57 Å². The van der Waals surface area contributed by atoms with Crippen LogP contribution in [-0.4, -0.2) is 15.8 Å². The molecular formula is C9H9N3O. The molecule has 66 valence electrons. The standard InChI is InChI=1S/C9H9N3O/c10-9-11-7-3-1-2-4-8(7)12(9)5-6-13/h1-4,6H,5H2,(H2,10,11). The van der Waals surface area contributed by atoms with E-state index in [4.69, 9.17) is 5.73 Å². The first-order valence-electron chi connectivity index (χ1n) is 3.97. The zero-order valence-corrected chi connectivity index (χ0v) is 6.97. The van der Waals surface area contributed by atoms with Crippen LogP contribution in [0.1, 0.15) is 0 Å².